The average Bonchev–Trinajstić information content (AvgIpc) is 2.66. The molecule has 2 heterocycles. The Kier molecular flexibility index (Phi) is 3.10. The topological polar surface area (TPSA) is 16.1 Å². The molecule has 1 aliphatic rings. The van der Waals surface area contributed by atoms with Crippen LogP contribution < -0.4 is 4.90 Å². The predicted octanol–water partition coefficient (Wildman–Crippen LogP) is 3.54. The Morgan fingerprint density at radius 2 is 2.19 bits per heavy atom. The highest BCUT2D eigenvalue weighted by molar-refractivity contribution is 7.15. The normalized spacial score (nSPS) is 22.5. The van der Waals surface area contributed by atoms with E-state index in [0.29, 0.717) is 11.2 Å². The van der Waals surface area contributed by atoms with Crippen molar-refractivity contribution in [3.8, 4) is 0 Å². The maximum absolute atomic E-state index is 12.4. The Morgan fingerprint density at radius 1 is 1.44 bits per heavy atom. The first kappa shape index (κ1) is 11.7. The van der Waals surface area contributed by atoms with Crippen molar-refractivity contribution in [1.29, 1.82) is 0 Å². The van der Waals surface area contributed by atoms with Crippen LogP contribution in [0.2, 0.25) is 0 Å². The van der Waals surface area contributed by atoms with Crippen molar-refractivity contribution < 1.29 is 13.2 Å². The average molecular weight is 250 g/mol. The molecular weight excluding hydrogens is 237 g/mol. The van der Waals surface area contributed by atoms with E-state index in [4.69, 9.17) is 0 Å². The highest BCUT2D eigenvalue weighted by Gasteiger charge is 2.34. The highest BCUT2D eigenvalue weighted by atomic mass is 32.1. The van der Waals surface area contributed by atoms with Crippen molar-refractivity contribution in [1.82, 2.24) is 4.98 Å². The molecule has 1 aliphatic heterocycles. The van der Waals surface area contributed by atoms with Crippen LogP contribution in [0, 0.1) is 0 Å². The molecule has 0 radical (unpaired) electrons. The second-order valence-electron chi connectivity index (χ2n) is 4.04. The lowest BCUT2D eigenvalue weighted by Crippen LogP contribution is -2.37. The van der Waals surface area contributed by atoms with Crippen molar-refractivity contribution in [2.75, 3.05) is 11.4 Å². The zero-order valence-corrected chi connectivity index (χ0v) is 9.74. The third-order valence-corrected chi connectivity index (χ3v) is 3.90. The lowest BCUT2D eigenvalue weighted by atomic mass is 10.1. The summed E-state index contributed by atoms with van der Waals surface area (Å²) in [4.78, 5) is 5.25. The minimum Gasteiger partial charge on any atom is -0.345 e. The molecule has 1 aromatic rings. The van der Waals surface area contributed by atoms with Gasteiger partial charge in [-0.05, 0) is 26.2 Å². The Hall–Kier alpha value is -0.780. The van der Waals surface area contributed by atoms with Crippen LogP contribution in [-0.2, 0) is 6.18 Å². The number of nitrogens with zero attached hydrogens (tertiary/aromatic N) is 2. The molecule has 1 atom stereocenters. The SMILES string of the molecule is CC1CCCCN1c1ncc(C(F)(F)F)s1. The number of aromatic nitrogens is 1. The quantitative estimate of drug-likeness (QED) is 0.757. The molecule has 0 saturated carbocycles. The first-order valence-corrected chi connectivity index (χ1v) is 6.10. The summed E-state index contributed by atoms with van der Waals surface area (Å²) in [6.45, 7) is 2.85. The molecule has 0 N–H and O–H groups in total. The van der Waals surface area contributed by atoms with Gasteiger partial charge < -0.3 is 4.90 Å². The third-order valence-electron chi connectivity index (χ3n) is 2.82. The molecule has 0 bridgehead atoms. The van der Waals surface area contributed by atoms with Gasteiger partial charge in [-0.3, -0.25) is 0 Å². The second kappa shape index (κ2) is 4.24. The number of hydrogen-bond donors (Lipinski definition) is 0. The van der Waals surface area contributed by atoms with Crippen LogP contribution in [0.3, 0.4) is 0 Å². The van der Waals surface area contributed by atoms with Gasteiger partial charge in [-0.15, -0.1) is 0 Å². The van der Waals surface area contributed by atoms with E-state index in [1.165, 1.54) is 0 Å². The predicted molar refractivity (Wildman–Crippen MR) is 57.8 cm³/mol. The van der Waals surface area contributed by atoms with Crippen LogP contribution in [0.5, 0.6) is 0 Å². The number of hydrogen-bond acceptors (Lipinski definition) is 3. The van der Waals surface area contributed by atoms with Gasteiger partial charge in [0, 0.05) is 12.6 Å². The summed E-state index contributed by atoms with van der Waals surface area (Å²) in [5, 5.41) is 0.500. The summed E-state index contributed by atoms with van der Waals surface area (Å²) in [6.07, 6.45) is -0.127. The molecule has 6 heteroatoms. The molecule has 16 heavy (non-hydrogen) atoms. The Bertz CT molecular complexity index is 361. The van der Waals surface area contributed by atoms with E-state index < -0.39 is 11.1 Å². The first-order chi connectivity index (χ1) is 7.48. The maximum atomic E-state index is 12.4. The molecule has 1 saturated heterocycles. The van der Waals surface area contributed by atoms with Crippen LogP contribution in [0.1, 0.15) is 31.1 Å². The van der Waals surface area contributed by atoms with Gasteiger partial charge in [0.2, 0.25) is 0 Å². The van der Waals surface area contributed by atoms with Crippen LogP contribution in [0.15, 0.2) is 6.20 Å². The lowest BCUT2D eigenvalue weighted by Gasteiger charge is -2.33. The summed E-state index contributed by atoms with van der Waals surface area (Å²) < 4.78 is 37.3. The van der Waals surface area contributed by atoms with E-state index in [1.807, 2.05) is 11.8 Å². The summed E-state index contributed by atoms with van der Waals surface area (Å²) in [5.74, 6) is 0. The Balaban J connectivity index is 2.18. The monoisotopic (exact) mass is 250 g/mol. The lowest BCUT2D eigenvalue weighted by molar-refractivity contribution is -0.134. The molecule has 1 aromatic heterocycles. The van der Waals surface area contributed by atoms with E-state index in [1.54, 1.807) is 0 Å². The standard InChI is InChI=1S/C10H13F3N2S/c1-7-4-2-3-5-15(7)9-14-6-8(16-9)10(11,12)13/h6-7H,2-5H2,1H3. The summed E-state index contributed by atoms with van der Waals surface area (Å²) in [7, 11) is 0. The fourth-order valence-electron chi connectivity index (χ4n) is 1.91. The van der Waals surface area contributed by atoms with E-state index in [0.717, 1.165) is 43.3 Å². The number of alkyl halides is 3. The molecule has 0 amide bonds. The summed E-state index contributed by atoms with van der Waals surface area (Å²) in [6, 6.07) is 0.293. The number of anilines is 1. The summed E-state index contributed by atoms with van der Waals surface area (Å²) >= 11 is 0.740. The van der Waals surface area contributed by atoms with Crippen molar-refractivity contribution in [3.05, 3.63) is 11.1 Å². The van der Waals surface area contributed by atoms with E-state index in [2.05, 4.69) is 4.98 Å². The molecule has 2 rings (SSSR count). The van der Waals surface area contributed by atoms with E-state index in [9.17, 15) is 13.2 Å². The number of piperidine rings is 1. The fourth-order valence-corrected chi connectivity index (χ4v) is 2.82. The highest BCUT2D eigenvalue weighted by Crippen LogP contribution is 2.37. The van der Waals surface area contributed by atoms with Crippen molar-refractivity contribution in [2.45, 2.75) is 38.4 Å². The smallest absolute Gasteiger partial charge is 0.345 e. The second-order valence-corrected chi connectivity index (χ2v) is 5.05. The van der Waals surface area contributed by atoms with Gasteiger partial charge in [-0.25, -0.2) is 4.98 Å². The number of halogens is 3. The minimum absolute atomic E-state index is 0.293. The number of rotatable bonds is 1. The Labute approximate surface area is 96.1 Å². The largest absolute Gasteiger partial charge is 0.427 e. The maximum Gasteiger partial charge on any atom is 0.427 e. The van der Waals surface area contributed by atoms with E-state index in [-0.39, 0.29) is 0 Å². The van der Waals surface area contributed by atoms with Gasteiger partial charge >= 0.3 is 6.18 Å². The zero-order chi connectivity index (χ0) is 11.8. The van der Waals surface area contributed by atoms with Crippen LogP contribution >= 0.6 is 11.3 Å². The van der Waals surface area contributed by atoms with E-state index >= 15 is 0 Å². The molecule has 0 spiro atoms. The molecule has 1 fully saturated rings. The van der Waals surface area contributed by atoms with Crippen molar-refractivity contribution in [3.63, 3.8) is 0 Å². The van der Waals surface area contributed by atoms with Gasteiger partial charge in [-0.1, -0.05) is 11.3 Å². The van der Waals surface area contributed by atoms with Gasteiger partial charge in [0.25, 0.3) is 0 Å². The molecular formula is C10H13F3N2S. The van der Waals surface area contributed by atoms with Crippen molar-refractivity contribution in [2.24, 2.45) is 0 Å². The third kappa shape index (κ3) is 2.31. The minimum atomic E-state index is -4.27. The molecule has 0 aliphatic carbocycles. The summed E-state index contributed by atoms with van der Waals surface area (Å²) in [5.41, 5.74) is 0. The fraction of sp³-hybridized carbons (Fsp3) is 0.700. The molecule has 0 aromatic carbocycles. The number of thiazole rings is 1. The van der Waals surface area contributed by atoms with Gasteiger partial charge in [0.15, 0.2) is 5.13 Å². The molecule has 2 nitrogen and oxygen atoms in total. The Morgan fingerprint density at radius 3 is 2.75 bits per heavy atom. The zero-order valence-electron chi connectivity index (χ0n) is 8.92. The van der Waals surface area contributed by atoms with Crippen LogP contribution in [0.4, 0.5) is 18.3 Å². The first-order valence-electron chi connectivity index (χ1n) is 5.28. The van der Waals surface area contributed by atoms with Gasteiger partial charge in [0.05, 0.1) is 6.20 Å². The van der Waals surface area contributed by atoms with Crippen LogP contribution in [-0.4, -0.2) is 17.6 Å². The van der Waals surface area contributed by atoms with Gasteiger partial charge in [0.1, 0.15) is 4.88 Å². The van der Waals surface area contributed by atoms with Gasteiger partial charge in [-0.2, -0.15) is 13.2 Å². The van der Waals surface area contributed by atoms with Crippen molar-refractivity contribution >= 4 is 16.5 Å². The van der Waals surface area contributed by atoms with Crippen LogP contribution in [0.25, 0.3) is 0 Å². The molecule has 1 unspecified atom stereocenters. The molecule has 90 valence electrons.